The molecule has 0 radical (unpaired) electrons. The number of benzene rings is 3. The lowest BCUT2D eigenvalue weighted by Gasteiger charge is -2.11. The van der Waals surface area contributed by atoms with E-state index in [4.69, 9.17) is 18.9 Å². The van der Waals surface area contributed by atoms with E-state index in [1.54, 1.807) is 80.9 Å². The predicted octanol–water partition coefficient (Wildman–Crippen LogP) is 4.49. The number of hydrogen-bond acceptors (Lipinski definition) is 6. The maximum Gasteiger partial charge on any atom is 0.343 e. The minimum atomic E-state index is -0.472. The Hall–Kier alpha value is -3.80. The molecular formula is C24H22O6. The van der Waals surface area contributed by atoms with Gasteiger partial charge in [-0.1, -0.05) is 0 Å². The van der Waals surface area contributed by atoms with Gasteiger partial charge in [-0.3, -0.25) is 4.79 Å². The van der Waals surface area contributed by atoms with E-state index in [0.29, 0.717) is 34.1 Å². The Labute approximate surface area is 175 Å². The number of ketones is 1. The number of rotatable bonds is 8. The number of aryl methyl sites for hydroxylation is 1. The van der Waals surface area contributed by atoms with Crippen molar-refractivity contribution in [2.45, 2.75) is 6.92 Å². The van der Waals surface area contributed by atoms with Crippen LogP contribution >= 0.6 is 0 Å². The van der Waals surface area contributed by atoms with E-state index in [1.165, 1.54) is 0 Å². The number of Topliss-reactive ketones (excluding diaryl/α,β-unsaturated/α-hetero) is 1. The van der Waals surface area contributed by atoms with Gasteiger partial charge >= 0.3 is 5.97 Å². The lowest BCUT2D eigenvalue weighted by atomic mass is 10.1. The first-order valence-corrected chi connectivity index (χ1v) is 9.27. The topological polar surface area (TPSA) is 71.1 Å². The van der Waals surface area contributed by atoms with E-state index < -0.39 is 5.97 Å². The summed E-state index contributed by atoms with van der Waals surface area (Å²) in [7, 11) is 3.13. The Kier molecular flexibility index (Phi) is 6.70. The number of carbonyl (C=O) groups excluding carboxylic acids is 2. The van der Waals surface area contributed by atoms with Crippen molar-refractivity contribution in [3.05, 3.63) is 83.4 Å². The van der Waals surface area contributed by atoms with E-state index in [0.717, 1.165) is 5.56 Å². The first kappa shape index (κ1) is 20.9. The molecular weight excluding hydrogens is 384 g/mol. The van der Waals surface area contributed by atoms with E-state index in [9.17, 15) is 9.59 Å². The number of ether oxygens (including phenoxy) is 4. The summed E-state index contributed by atoms with van der Waals surface area (Å²) < 4.78 is 21.2. The smallest absolute Gasteiger partial charge is 0.343 e. The zero-order chi connectivity index (χ0) is 21.5. The maximum absolute atomic E-state index is 12.3. The summed E-state index contributed by atoms with van der Waals surface area (Å²) in [6.07, 6.45) is 0. The van der Waals surface area contributed by atoms with Gasteiger partial charge in [0.2, 0.25) is 0 Å². The Morgan fingerprint density at radius 1 is 0.733 bits per heavy atom. The van der Waals surface area contributed by atoms with Crippen molar-refractivity contribution >= 4 is 11.8 Å². The van der Waals surface area contributed by atoms with Crippen LogP contribution in [0.5, 0.6) is 23.0 Å². The number of carbonyl (C=O) groups is 2. The fourth-order valence-corrected chi connectivity index (χ4v) is 2.74. The molecule has 154 valence electrons. The molecule has 0 atom stereocenters. The highest BCUT2D eigenvalue weighted by molar-refractivity contribution is 5.97. The molecule has 0 heterocycles. The van der Waals surface area contributed by atoms with Gasteiger partial charge in [-0.25, -0.2) is 4.79 Å². The van der Waals surface area contributed by atoms with Gasteiger partial charge in [0, 0.05) is 5.56 Å². The molecule has 0 aliphatic carbocycles. The Morgan fingerprint density at radius 3 is 1.80 bits per heavy atom. The molecule has 6 heteroatoms. The highest BCUT2D eigenvalue weighted by Gasteiger charge is 2.12. The molecule has 0 spiro atoms. The molecule has 0 saturated carbocycles. The van der Waals surface area contributed by atoms with Crippen molar-refractivity contribution < 1.29 is 28.5 Å². The van der Waals surface area contributed by atoms with Crippen molar-refractivity contribution in [2.24, 2.45) is 0 Å². The Balaban J connectivity index is 1.60. The van der Waals surface area contributed by atoms with E-state index in [1.807, 2.05) is 6.92 Å². The second-order valence-corrected chi connectivity index (χ2v) is 6.49. The third-order valence-corrected chi connectivity index (χ3v) is 4.45. The van der Waals surface area contributed by atoms with Crippen LogP contribution in [0.25, 0.3) is 0 Å². The van der Waals surface area contributed by atoms with Crippen LogP contribution in [-0.4, -0.2) is 32.6 Å². The third kappa shape index (κ3) is 5.17. The summed E-state index contributed by atoms with van der Waals surface area (Å²) in [5.74, 6) is 1.66. The minimum absolute atomic E-state index is 0.0991. The quantitative estimate of drug-likeness (QED) is 0.312. The molecule has 6 nitrogen and oxygen atoms in total. The van der Waals surface area contributed by atoms with Gasteiger partial charge in [0.05, 0.1) is 19.8 Å². The zero-order valence-corrected chi connectivity index (χ0v) is 17.0. The van der Waals surface area contributed by atoms with E-state index in [2.05, 4.69) is 0 Å². The van der Waals surface area contributed by atoms with E-state index in [-0.39, 0.29) is 12.4 Å². The molecule has 0 unspecified atom stereocenters. The minimum Gasteiger partial charge on any atom is -0.497 e. The van der Waals surface area contributed by atoms with Crippen LogP contribution in [0.3, 0.4) is 0 Å². The first-order valence-electron chi connectivity index (χ1n) is 9.27. The molecule has 0 amide bonds. The molecule has 0 N–H and O–H groups in total. The second-order valence-electron chi connectivity index (χ2n) is 6.49. The van der Waals surface area contributed by atoms with Crippen LogP contribution in [0.2, 0.25) is 0 Å². The third-order valence-electron chi connectivity index (χ3n) is 4.45. The summed E-state index contributed by atoms with van der Waals surface area (Å²) in [6.45, 7) is 1.72. The van der Waals surface area contributed by atoms with Gasteiger partial charge in [-0.2, -0.15) is 0 Å². The van der Waals surface area contributed by atoms with Gasteiger partial charge < -0.3 is 18.9 Å². The van der Waals surface area contributed by atoms with Crippen LogP contribution in [0.1, 0.15) is 26.3 Å². The summed E-state index contributed by atoms with van der Waals surface area (Å²) in [5.41, 5.74) is 1.70. The van der Waals surface area contributed by atoms with Crippen molar-refractivity contribution in [2.75, 3.05) is 20.8 Å². The van der Waals surface area contributed by atoms with Gasteiger partial charge in [0.25, 0.3) is 0 Å². The maximum atomic E-state index is 12.3. The van der Waals surface area contributed by atoms with Crippen molar-refractivity contribution in [3.8, 4) is 23.0 Å². The predicted molar refractivity (Wildman–Crippen MR) is 112 cm³/mol. The average molecular weight is 406 g/mol. The van der Waals surface area contributed by atoms with Crippen LogP contribution in [-0.2, 0) is 0 Å². The zero-order valence-electron chi connectivity index (χ0n) is 17.0. The fourth-order valence-electron chi connectivity index (χ4n) is 2.74. The normalized spacial score (nSPS) is 10.2. The average Bonchev–Trinajstić information content (AvgIpc) is 2.78. The molecule has 0 bridgehead atoms. The number of hydrogen-bond donors (Lipinski definition) is 0. The molecule has 3 aromatic rings. The van der Waals surface area contributed by atoms with Gasteiger partial charge in [-0.05, 0) is 79.2 Å². The summed E-state index contributed by atoms with van der Waals surface area (Å²) in [5, 5.41) is 0. The van der Waals surface area contributed by atoms with Crippen LogP contribution in [0, 0.1) is 6.92 Å². The first-order chi connectivity index (χ1) is 14.5. The monoisotopic (exact) mass is 406 g/mol. The van der Waals surface area contributed by atoms with Gasteiger partial charge in [0.1, 0.15) is 23.0 Å². The Morgan fingerprint density at radius 2 is 1.27 bits per heavy atom. The number of methoxy groups -OCH3 is 2. The number of esters is 1. The van der Waals surface area contributed by atoms with Crippen LogP contribution < -0.4 is 18.9 Å². The molecule has 0 saturated heterocycles. The van der Waals surface area contributed by atoms with Gasteiger partial charge in [0.15, 0.2) is 12.4 Å². The Bertz CT molecular complexity index is 1020. The molecule has 0 aliphatic heterocycles. The highest BCUT2D eigenvalue weighted by Crippen LogP contribution is 2.25. The van der Waals surface area contributed by atoms with E-state index >= 15 is 0 Å². The van der Waals surface area contributed by atoms with Gasteiger partial charge in [-0.15, -0.1) is 0 Å². The standard InChI is InChI=1S/C24H22O6/c1-16-14-21(30-24(26)18-6-10-20(28-3)11-7-18)12-13-23(16)29-15-22(25)17-4-8-19(27-2)9-5-17/h4-14H,15H2,1-3H3. The molecule has 0 aliphatic rings. The lowest BCUT2D eigenvalue weighted by molar-refractivity contribution is 0.0734. The molecule has 3 aromatic carbocycles. The summed E-state index contributed by atoms with van der Waals surface area (Å²) >= 11 is 0. The SMILES string of the molecule is COc1ccc(C(=O)COc2ccc(OC(=O)c3ccc(OC)cc3)cc2C)cc1. The molecule has 3 rings (SSSR count). The van der Waals surface area contributed by atoms with Crippen molar-refractivity contribution in [1.82, 2.24) is 0 Å². The lowest BCUT2D eigenvalue weighted by Crippen LogP contribution is -2.12. The second kappa shape index (κ2) is 9.60. The van der Waals surface area contributed by atoms with Crippen molar-refractivity contribution in [3.63, 3.8) is 0 Å². The molecule has 0 fully saturated rings. The largest absolute Gasteiger partial charge is 0.497 e. The van der Waals surface area contributed by atoms with Crippen LogP contribution in [0.4, 0.5) is 0 Å². The fraction of sp³-hybridized carbons (Fsp3) is 0.167. The summed E-state index contributed by atoms with van der Waals surface area (Å²) in [6, 6.07) is 18.5. The van der Waals surface area contributed by atoms with Crippen molar-refractivity contribution in [1.29, 1.82) is 0 Å². The summed E-state index contributed by atoms with van der Waals surface area (Å²) in [4.78, 5) is 24.6. The molecule has 30 heavy (non-hydrogen) atoms. The van der Waals surface area contributed by atoms with Crippen LogP contribution in [0.15, 0.2) is 66.7 Å². The molecule has 0 aromatic heterocycles. The highest BCUT2D eigenvalue weighted by atomic mass is 16.5.